The summed E-state index contributed by atoms with van der Waals surface area (Å²) in [4.78, 5) is 1.16. The molecule has 1 aromatic carbocycles. The van der Waals surface area contributed by atoms with Gasteiger partial charge in [-0.05, 0) is 42.5 Å². The van der Waals surface area contributed by atoms with Crippen LogP contribution in [-0.4, -0.2) is 11.1 Å². The van der Waals surface area contributed by atoms with Crippen molar-refractivity contribution in [2.75, 3.05) is 11.1 Å². The molecule has 0 unspecified atom stereocenters. The van der Waals surface area contributed by atoms with Crippen LogP contribution in [-0.2, 0) is 0 Å². The topological polar surface area (TPSA) is 0 Å². The third kappa shape index (κ3) is 4.93. The summed E-state index contributed by atoms with van der Waals surface area (Å²) in [5.41, 5.74) is 0.378. The fraction of sp³-hybridized carbons (Fsp3) is 0.600. The summed E-state index contributed by atoms with van der Waals surface area (Å²) in [6.07, 6.45) is 4.94. The molecular formula is C15H22BrFS. The van der Waals surface area contributed by atoms with Gasteiger partial charge >= 0.3 is 0 Å². The first kappa shape index (κ1) is 16.0. The van der Waals surface area contributed by atoms with Gasteiger partial charge in [0.05, 0.1) is 0 Å². The van der Waals surface area contributed by atoms with E-state index in [0.717, 1.165) is 16.0 Å². The van der Waals surface area contributed by atoms with E-state index in [2.05, 4.69) is 29.8 Å². The Morgan fingerprint density at radius 1 is 1.11 bits per heavy atom. The zero-order valence-corrected chi connectivity index (χ0v) is 13.6. The highest BCUT2D eigenvalue weighted by atomic mass is 79.9. The van der Waals surface area contributed by atoms with Crippen LogP contribution in [0.4, 0.5) is 4.39 Å². The molecule has 18 heavy (non-hydrogen) atoms. The van der Waals surface area contributed by atoms with E-state index in [9.17, 15) is 4.39 Å². The molecule has 0 saturated heterocycles. The molecule has 0 aromatic heterocycles. The van der Waals surface area contributed by atoms with Crippen LogP contribution in [0.1, 0.15) is 39.5 Å². The normalized spacial score (nSPS) is 11.8. The zero-order valence-electron chi connectivity index (χ0n) is 11.2. The molecule has 0 bridgehead atoms. The lowest BCUT2D eigenvalue weighted by Gasteiger charge is -2.31. The minimum atomic E-state index is -0.159. The van der Waals surface area contributed by atoms with Crippen molar-refractivity contribution in [1.82, 2.24) is 0 Å². The number of hydrogen-bond donors (Lipinski definition) is 0. The summed E-state index contributed by atoms with van der Waals surface area (Å²) in [6, 6.07) is 6.82. The monoisotopic (exact) mass is 332 g/mol. The van der Waals surface area contributed by atoms with Gasteiger partial charge < -0.3 is 0 Å². The lowest BCUT2D eigenvalue weighted by molar-refractivity contribution is 0.320. The van der Waals surface area contributed by atoms with Gasteiger partial charge in [-0.15, -0.1) is 11.8 Å². The van der Waals surface area contributed by atoms with Crippen LogP contribution < -0.4 is 0 Å². The third-order valence-electron chi connectivity index (χ3n) is 3.20. The smallest absolute Gasteiger partial charge is 0.123 e. The number of rotatable bonds is 8. The number of thioether (sulfide) groups is 1. The van der Waals surface area contributed by atoms with Crippen LogP contribution in [0.15, 0.2) is 29.2 Å². The molecule has 0 aliphatic carbocycles. The van der Waals surface area contributed by atoms with Gasteiger partial charge in [0.2, 0.25) is 0 Å². The predicted octanol–water partition coefficient (Wildman–Crippen LogP) is 5.90. The fourth-order valence-electron chi connectivity index (χ4n) is 2.27. The lowest BCUT2D eigenvalue weighted by Crippen LogP contribution is -2.25. The Hall–Kier alpha value is -0.0200. The number of halogens is 2. The van der Waals surface area contributed by atoms with E-state index in [1.165, 1.54) is 37.8 Å². The first-order valence-electron chi connectivity index (χ1n) is 6.60. The van der Waals surface area contributed by atoms with Crippen molar-refractivity contribution in [3.05, 3.63) is 30.1 Å². The van der Waals surface area contributed by atoms with Crippen molar-refractivity contribution in [1.29, 1.82) is 0 Å². The van der Waals surface area contributed by atoms with E-state index in [0.29, 0.717) is 5.41 Å². The van der Waals surface area contributed by atoms with Crippen molar-refractivity contribution in [2.45, 2.75) is 44.4 Å². The molecule has 1 aromatic rings. The lowest BCUT2D eigenvalue weighted by atomic mass is 9.83. The number of benzene rings is 1. The van der Waals surface area contributed by atoms with Crippen LogP contribution in [0.5, 0.6) is 0 Å². The Labute approximate surface area is 123 Å². The maximum atomic E-state index is 12.9. The maximum absolute atomic E-state index is 12.9. The second-order valence-electron chi connectivity index (χ2n) is 4.88. The minimum absolute atomic E-state index is 0.159. The van der Waals surface area contributed by atoms with Gasteiger partial charge in [0, 0.05) is 16.0 Å². The first-order chi connectivity index (χ1) is 8.65. The standard InChI is InChI=1S/C15H22BrFS/c1-3-9-15(11-16,10-4-2)12-18-14-7-5-13(17)6-8-14/h5-8H,3-4,9-12H2,1-2H3. The van der Waals surface area contributed by atoms with Crippen molar-refractivity contribution in [3.8, 4) is 0 Å². The Morgan fingerprint density at radius 2 is 1.67 bits per heavy atom. The largest absolute Gasteiger partial charge is 0.207 e. The van der Waals surface area contributed by atoms with Gasteiger partial charge in [0.25, 0.3) is 0 Å². The quantitative estimate of drug-likeness (QED) is 0.422. The van der Waals surface area contributed by atoms with E-state index in [-0.39, 0.29) is 5.82 Å². The second kappa shape index (κ2) is 8.21. The number of hydrogen-bond acceptors (Lipinski definition) is 1. The fourth-order valence-corrected chi connectivity index (χ4v) is 4.48. The molecule has 0 fully saturated rings. The van der Waals surface area contributed by atoms with Crippen molar-refractivity contribution >= 4 is 27.7 Å². The molecule has 0 saturated carbocycles. The predicted molar refractivity (Wildman–Crippen MR) is 83.2 cm³/mol. The minimum Gasteiger partial charge on any atom is -0.207 e. The van der Waals surface area contributed by atoms with Crippen LogP contribution in [0.2, 0.25) is 0 Å². The molecule has 0 atom stereocenters. The second-order valence-corrected chi connectivity index (χ2v) is 6.49. The Kier molecular flexibility index (Phi) is 7.31. The molecular weight excluding hydrogens is 311 g/mol. The Balaban J connectivity index is 2.63. The van der Waals surface area contributed by atoms with Gasteiger partial charge in [-0.25, -0.2) is 4.39 Å². The summed E-state index contributed by atoms with van der Waals surface area (Å²) in [5, 5.41) is 1.05. The SMILES string of the molecule is CCCC(CBr)(CCC)CSc1ccc(F)cc1. The summed E-state index contributed by atoms with van der Waals surface area (Å²) >= 11 is 5.53. The molecule has 0 radical (unpaired) electrons. The average Bonchev–Trinajstić information content (AvgIpc) is 2.38. The summed E-state index contributed by atoms with van der Waals surface area (Å²) < 4.78 is 12.9. The molecule has 102 valence electrons. The van der Waals surface area contributed by atoms with E-state index in [1.54, 1.807) is 0 Å². The highest BCUT2D eigenvalue weighted by Gasteiger charge is 2.27. The molecule has 0 heterocycles. The highest BCUT2D eigenvalue weighted by molar-refractivity contribution is 9.09. The van der Waals surface area contributed by atoms with Gasteiger partial charge in [-0.2, -0.15) is 0 Å². The molecule has 3 heteroatoms. The molecule has 1 rings (SSSR count). The van der Waals surface area contributed by atoms with Crippen molar-refractivity contribution in [2.24, 2.45) is 5.41 Å². The average molecular weight is 333 g/mol. The summed E-state index contributed by atoms with van der Waals surface area (Å²) in [6.45, 7) is 4.49. The molecule has 0 nitrogen and oxygen atoms in total. The van der Waals surface area contributed by atoms with E-state index in [4.69, 9.17) is 0 Å². The van der Waals surface area contributed by atoms with Crippen LogP contribution in [0.25, 0.3) is 0 Å². The molecule has 0 aliphatic heterocycles. The maximum Gasteiger partial charge on any atom is 0.123 e. The Morgan fingerprint density at radius 3 is 2.11 bits per heavy atom. The van der Waals surface area contributed by atoms with Gasteiger partial charge in [0.1, 0.15) is 5.82 Å². The molecule has 0 spiro atoms. The number of alkyl halides is 1. The third-order valence-corrected chi connectivity index (χ3v) is 5.75. The summed E-state index contributed by atoms with van der Waals surface area (Å²) in [5.74, 6) is 0.944. The van der Waals surface area contributed by atoms with Gasteiger partial charge in [0.15, 0.2) is 0 Å². The highest BCUT2D eigenvalue weighted by Crippen LogP contribution is 2.37. The summed E-state index contributed by atoms with van der Waals surface area (Å²) in [7, 11) is 0. The van der Waals surface area contributed by atoms with Gasteiger partial charge in [-0.1, -0.05) is 42.6 Å². The first-order valence-corrected chi connectivity index (χ1v) is 8.71. The van der Waals surface area contributed by atoms with Crippen LogP contribution in [0, 0.1) is 11.2 Å². The van der Waals surface area contributed by atoms with Gasteiger partial charge in [-0.3, -0.25) is 0 Å². The molecule has 0 N–H and O–H groups in total. The zero-order chi connectivity index (χ0) is 13.4. The van der Waals surface area contributed by atoms with Crippen molar-refractivity contribution in [3.63, 3.8) is 0 Å². The molecule has 0 aliphatic rings. The van der Waals surface area contributed by atoms with E-state index < -0.39 is 0 Å². The van der Waals surface area contributed by atoms with Crippen molar-refractivity contribution < 1.29 is 4.39 Å². The van der Waals surface area contributed by atoms with E-state index in [1.807, 2.05) is 23.9 Å². The van der Waals surface area contributed by atoms with E-state index >= 15 is 0 Å². The Bertz CT molecular complexity index is 331. The van der Waals surface area contributed by atoms with Crippen LogP contribution in [0.3, 0.4) is 0 Å². The van der Waals surface area contributed by atoms with Crippen LogP contribution >= 0.6 is 27.7 Å². The molecule has 0 amide bonds.